The Hall–Kier alpha value is -1.85. The van der Waals surface area contributed by atoms with Gasteiger partial charge in [0, 0.05) is 19.0 Å². The van der Waals surface area contributed by atoms with E-state index in [2.05, 4.69) is 4.98 Å². The van der Waals surface area contributed by atoms with Crippen LogP contribution in [0.15, 0.2) is 10.8 Å². The third kappa shape index (κ3) is 2.02. The molecule has 1 saturated heterocycles. The van der Waals surface area contributed by atoms with E-state index in [0.717, 1.165) is 0 Å². The first-order chi connectivity index (χ1) is 8.00. The summed E-state index contributed by atoms with van der Waals surface area (Å²) in [6.07, 6.45) is 1.24. The van der Waals surface area contributed by atoms with Crippen LogP contribution in [0.4, 0.5) is 0 Å². The first-order valence-electron chi connectivity index (χ1n) is 5.43. The van der Waals surface area contributed by atoms with Crippen LogP contribution >= 0.6 is 0 Å². The zero-order chi connectivity index (χ0) is 12.6. The summed E-state index contributed by atoms with van der Waals surface area (Å²) in [6.45, 7) is 4.29. The van der Waals surface area contributed by atoms with Gasteiger partial charge in [-0.3, -0.25) is 9.59 Å². The lowest BCUT2D eigenvalue weighted by Gasteiger charge is -2.40. The standard InChI is InChI=1S/C11H14N2O4/c1-6(11(15)16)8-3-13(4-8)10(14)9-7(2)12-5-17-9/h5-6,8H,3-4H2,1-2H3,(H,15,16). The van der Waals surface area contributed by atoms with Crippen molar-refractivity contribution in [2.24, 2.45) is 11.8 Å². The lowest BCUT2D eigenvalue weighted by atomic mass is 9.87. The zero-order valence-electron chi connectivity index (χ0n) is 9.71. The highest BCUT2D eigenvalue weighted by Gasteiger charge is 2.38. The normalized spacial score (nSPS) is 17.6. The molecule has 0 bridgehead atoms. The second-order valence-corrected chi connectivity index (χ2v) is 4.36. The summed E-state index contributed by atoms with van der Waals surface area (Å²) in [6, 6.07) is 0. The second kappa shape index (κ2) is 4.20. The van der Waals surface area contributed by atoms with Crippen molar-refractivity contribution in [3.63, 3.8) is 0 Å². The summed E-state index contributed by atoms with van der Waals surface area (Å²) in [5, 5.41) is 8.84. The lowest BCUT2D eigenvalue weighted by molar-refractivity contribution is -0.144. The first kappa shape index (κ1) is 11.6. The molecule has 0 aromatic carbocycles. The summed E-state index contributed by atoms with van der Waals surface area (Å²) in [5.41, 5.74) is 0.560. The Labute approximate surface area is 98.2 Å². The van der Waals surface area contributed by atoms with Crippen LogP contribution < -0.4 is 0 Å². The van der Waals surface area contributed by atoms with Crippen molar-refractivity contribution in [1.82, 2.24) is 9.88 Å². The van der Waals surface area contributed by atoms with Crippen LogP contribution in [0.2, 0.25) is 0 Å². The number of nitrogens with zero attached hydrogens (tertiary/aromatic N) is 2. The molecule has 1 amide bonds. The van der Waals surface area contributed by atoms with Gasteiger partial charge in [0.15, 0.2) is 6.39 Å². The number of aliphatic carboxylic acids is 1. The van der Waals surface area contributed by atoms with Crippen molar-refractivity contribution in [2.75, 3.05) is 13.1 Å². The number of carbonyl (C=O) groups excluding carboxylic acids is 1. The average molecular weight is 238 g/mol. The molecule has 1 aromatic heterocycles. The molecule has 17 heavy (non-hydrogen) atoms. The Bertz CT molecular complexity index is 448. The molecule has 1 aliphatic rings. The maximum absolute atomic E-state index is 11.9. The highest BCUT2D eigenvalue weighted by atomic mass is 16.4. The number of carboxylic acid groups (broad SMARTS) is 1. The van der Waals surface area contributed by atoms with Crippen LogP contribution in [0.25, 0.3) is 0 Å². The number of carbonyl (C=O) groups is 2. The van der Waals surface area contributed by atoms with E-state index in [-0.39, 0.29) is 17.6 Å². The quantitative estimate of drug-likeness (QED) is 0.841. The van der Waals surface area contributed by atoms with E-state index in [0.29, 0.717) is 18.8 Å². The molecule has 1 N–H and O–H groups in total. The fraction of sp³-hybridized carbons (Fsp3) is 0.545. The summed E-state index contributed by atoms with van der Waals surface area (Å²) in [5.74, 6) is -1.19. The van der Waals surface area contributed by atoms with Gasteiger partial charge in [0.1, 0.15) is 0 Å². The number of hydrogen-bond donors (Lipinski definition) is 1. The van der Waals surface area contributed by atoms with Gasteiger partial charge in [-0.2, -0.15) is 0 Å². The Morgan fingerprint density at radius 3 is 2.71 bits per heavy atom. The van der Waals surface area contributed by atoms with E-state index in [9.17, 15) is 9.59 Å². The maximum Gasteiger partial charge on any atom is 0.306 e. The molecule has 0 aliphatic carbocycles. The van der Waals surface area contributed by atoms with Crippen LogP contribution in [0.1, 0.15) is 23.2 Å². The SMILES string of the molecule is Cc1ncoc1C(=O)N1CC(C(C)C(=O)O)C1. The molecule has 1 fully saturated rings. The topological polar surface area (TPSA) is 83.6 Å². The van der Waals surface area contributed by atoms with Gasteiger partial charge in [-0.25, -0.2) is 4.98 Å². The zero-order valence-corrected chi connectivity index (χ0v) is 9.71. The predicted octanol–water partition coefficient (Wildman–Crippen LogP) is 0.776. The number of hydrogen-bond acceptors (Lipinski definition) is 4. The minimum Gasteiger partial charge on any atom is -0.481 e. The lowest BCUT2D eigenvalue weighted by Crippen LogP contribution is -2.53. The van der Waals surface area contributed by atoms with Crippen LogP contribution in [0.5, 0.6) is 0 Å². The Kier molecular flexibility index (Phi) is 2.87. The van der Waals surface area contributed by atoms with Gasteiger partial charge in [-0.15, -0.1) is 0 Å². The maximum atomic E-state index is 11.9. The van der Waals surface area contributed by atoms with Crippen LogP contribution in [-0.2, 0) is 4.79 Å². The number of amides is 1. The minimum atomic E-state index is -0.821. The predicted molar refractivity (Wildman–Crippen MR) is 57.4 cm³/mol. The summed E-state index contributed by atoms with van der Waals surface area (Å²) in [4.78, 5) is 28.1. The number of carboxylic acids is 1. The van der Waals surface area contributed by atoms with E-state index in [1.807, 2.05) is 0 Å². The Morgan fingerprint density at radius 1 is 1.59 bits per heavy atom. The Balaban J connectivity index is 1.95. The Morgan fingerprint density at radius 2 is 2.24 bits per heavy atom. The first-order valence-corrected chi connectivity index (χ1v) is 5.43. The molecule has 1 aliphatic heterocycles. The van der Waals surface area contributed by atoms with Gasteiger partial charge in [0.05, 0.1) is 11.6 Å². The summed E-state index contributed by atoms with van der Waals surface area (Å²) in [7, 11) is 0. The molecule has 1 aromatic rings. The number of rotatable bonds is 3. The van der Waals surface area contributed by atoms with E-state index < -0.39 is 11.9 Å². The van der Waals surface area contributed by atoms with Crippen LogP contribution in [-0.4, -0.2) is 40.0 Å². The molecule has 92 valence electrons. The van der Waals surface area contributed by atoms with Gasteiger partial charge in [-0.05, 0) is 6.92 Å². The van der Waals surface area contributed by atoms with Crippen molar-refractivity contribution in [3.8, 4) is 0 Å². The number of oxazole rings is 1. The molecule has 1 atom stereocenters. The van der Waals surface area contributed by atoms with E-state index >= 15 is 0 Å². The molecule has 0 spiro atoms. The van der Waals surface area contributed by atoms with Gasteiger partial charge in [-0.1, -0.05) is 6.92 Å². The van der Waals surface area contributed by atoms with Gasteiger partial charge < -0.3 is 14.4 Å². The summed E-state index contributed by atoms with van der Waals surface area (Å²) < 4.78 is 5.01. The number of likely N-dealkylation sites (tertiary alicyclic amines) is 1. The van der Waals surface area contributed by atoms with E-state index in [4.69, 9.17) is 9.52 Å². The third-order valence-electron chi connectivity index (χ3n) is 3.23. The van der Waals surface area contributed by atoms with Crippen molar-refractivity contribution in [3.05, 3.63) is 17.8 Å². The molecule has 1 unspecified atom stereocenters. The van der Waals surface area contributed by atoms with Gasteiger partial charge >= 0.3 is 5.97 Å². The van der Waals surface area contributed by atoms with Gasteiger partial charge in [0.25, 0.3) is 5.91 Å². The monoisotopic (exact) mass is 238 g/mol. The molecule has 0 radical (unpaired) electrons. The molecule has 6 heteroatoms. The fourth-order valence-corrected chi connectivity index (χ4v) is 1.85. The van der Waals surface area contributed by atoms with E-state index in [1.165, 1.54) is 6.39 Å². The van der Waals surface area contributed by atoms with Gasteiger partial charge in [0.2, 0.25) is 5.76 Å². The fourth-order valence-electron chi connectivity index (χ4n) is 1.85. The highest BCUT2D eigenvalue weighted by molar-refractivity contribution is 5.93. The second-order valence-electron chi connectivity index (χ2n) is 4.36. The molecular formula is C11H14N2O4. The van der Waals surface area contributed by atoms with E-state index in [1.54, 1.807) is 18.7 Å². The largest absolute Gasteiger partial charge is 0.481 e. The minimum absolute atomic E-state index is 0.0275. The molecule has 6 nitrogen and oxygen atoms in total. The van der Waals surface area contributed by atoms with Crippen LogP contribution in [0, 0.1) is 18.8 Å². The molecule has 2 heterocycles. The third-order valence-corrected chi connectivity index (χ3v) is 3.23. The molecular weight excluding hydrogens is 224 g/mol. The summed E-state index contributed by atoms with van der Waals surface area (Å²) >= 11 is 0. The average Bonchev–Trinajstić information content (AvgIpc) is 2.61. The number of aryl methyl sites for hydroxylation is 1. The highest BCUT2D eigenvalue weighted by Crippen LogP contribution is 2.26. The van der Waals surface area contributed by atoms with Crippen molar-refractivity contribution in [1.29, 1.82) is 0 Å². The van der Waals surface area contributed by atoms with Crippen molar-refractivity contribution in [2.45, 2.75) is 13.8 Å². The smallest absolute Gasteiger partial charge is 0.306 e. The number of aromatic nitrogens is 1. The van der Waals surface area contributed by atoms with Crippen molar-refractivity contribution >= 4 is 11.9 Å². The molecule has 0 saturated carbocycles. The van der Waals surface area contributed by atoms with Crippen LogP contribution in [0.3, 0.4) is 0 Å². The molecule has 2 rings (SSSR count). The van der Waals surface area contributed by atoms with Crippen molar-refractivity contribution < 1.29 is 19.1 Å².